The summed E-state index contributed by atoms with van der Waals surface area (Å²) >= 11 is 0. The number of likely N-dealkylation sites (N-methyl/N-ethyl adjacent to an activating group) is 1. The van der Waals surface area contributed by atoms with Crippen molar-refractivity contribution in [2.45, 2.75) is 32.9 Å². The van der Waals surface area contributed by atoms with Crippen LogP contribution in [-0.4, -0.2) is 30.0 Å². The molecular weight excluding hydrogens is 262 g/mol. The maximum absolute atomic E-state index is 5.84. The van der Waals surface area contributed by atoms with E-state index in [0.29, 0.717) is 0 Å². The van der Waals surface area contributed by atoms with E-state index in [2.05, 4.69) is 53.4 Å². The molecule has 21 heavy (non-hydrogen) atoms. The highest BCUT2D eigenvalue weighted by Gasteiger charge is 2.06. The van der Waals surface area contributed by atoms with Crippen LogP contribution in [-0.2, 0) is 19.5 Å². The van der Waals surface area contributed by atoms with Crippen molar-refractivity contribution in [3.63, 3.8) is 0 Å². The van der Waals surface area contributed by atoms with Gasteiger partial charge in [0.1, 0.15) is 11.5 Å². The van der Waals surface area contributed by atoms with E-state index < -0.39 is 0 Å². The second-order valence-electron chi connectivity index (χ2n) is 5.39. The lowest BCUT2D eigenvalue weighted by Crippen LogP contribution is -2.20. The van der Waals surface area contributed by atoms with Crippen LogP contribution in [0.1, 0.15) is 30.4 Å². The fraction of sp³-hybridized carbons (Fsp3) is 0.471. The van der Waals surface area contributed by atoms with E-state index in [0.717, 1.165) is 50.5 Å². The summed E-state index contributed by atoms with van der Waals surface area (Å²) in [5, 5.41) is 3.35. The molecule has 2 rings (SSSR count). The molecule has 1 N–H and O–H groups in total. The summed E-state index contributed by atoms with van der Waals surface area (Å²) in [4.78, 5) is 6.32. The molecule has 114 valence electrons. The van der Waals surface area contributed by atoms with Crippen molar-refractivity contribution in [3.8, 4) is 0 Å². The molecule has 0 unspecified atom stereocenters. The zero-order valence-corrected chi connectivity index (χ0v) is 13.0. The Labute approximate surface area is 127 Å². The topological polar surface area (TPSA) is 41.3 Å². The molecule has 0 aliphatic heterocycles. The summed E-state index contributed by atoms with van der Waals surface area (Å²) in [5.41, 5.74) is 1.32. The van der Waals surface area contributed by atoms with Gasteiger partial charge in [0.05, 0.1) is 13.1 Å². The number of aromatic nitrogens is 1. The van der Waals surface area contributed by atoms with Gasteiger partial charge in [0, 0.05) is 18.9 Å². The molecule has 0 saturated heterocycles. The quantitative estimate of drug-likeness (QED) is 0.720. The van der Waals surface area contributed by atoms with E-state index >= 15 is 0 Å². The molecule has 0 spiro atoms. The van der Waals surface area contributed by atoms with Gasteiger partial charge in [0.2, 0.25) is 0 Å². The monoisotopic (exact) mass is 287 g/mol. The van der Waals surface area contributed by atoms with Gasteiger partial charge in [0.15, 0.2) is 0 Å². The smallest absolute Gasteiger partial charge is 0.118 e. The number of pyridine rings is 1. The van der Waals surface area contributed by atoms with Crippen LogP contribution in [0.15, 0.2) is 41.1 Å². The molecule has 4 heteroatoms. The first-order chi connectivity index (χ1) is 10.3. The lowest BCUT2D eigenvalue weighted by molar-refractivity contribution is 0.292. The zero-order chi connectivity index (χ0) is 14.9. The molecule has 0 amide bonds. The summed E-state index contributed by atoms with van der Waals surface area (Å²) in [6.07, 6.45) is 5.87. The van der Waals surface area contributed by atoms with Gasteiger partial charge in [-0.1, -0.05) is 6.92 Å². The highest BCUT2D eigenvalue weighted by Crippen LogP contribution is 2.10. The minimum atomic E-state index is 0.814. The van der Waals surface area contributed by atoms with Crippen molar-refractivity contribution in [2.75, 3.05) is 20.1 Å². The minimum absolute atomic E-state index is 0.814. The molecule has 2 aromatic rings. The van der Waals surface area contributed by atoms with E-state index in [1.54, 1.807) is 0 Å². The normalized spacial score (nSPS) is 11.2. The zero-order valence-electron chi connectivity index (χ0n) is 13.0. The summed E-state index contributed by atoms with van der Waals surface area (Å²) in [6.45, 7) is 5.86. The molecule has 0 fully saturated rings. The first-order valence-corrected chi connectivity index (χ1v) is 7.63. The van der Waals surface area contributed by atoms with Gasteiger partial charge in [-0.2, -0.15) is 0 Å². The van der Waals surface area contributed by atoms with Gasteiger partial charge in [-0.05, 0) is 56.3 Å². The maximum Gasteiger partial charge on any atom is 0.118 e. The number of rotatable bonds is 9. The first kappa shape index (κ1) is 15.7. The summed E-state index contributed by atoms with van der Waals surface area (Å²) < 4.78 is 5.84. The second kappa shape index (κ2) is 8.60. The molecule has 0 aromatic carbocycles. The van der Waals surface area contributed by atoms with Crippen molar-refractivity contribution < 1.29 is 4.42 Å². The van der Waals surface area contributed by atoms with Crippen LogP contribution in [0.4, 0.5) is 0 Å². The van der Waals surface area contributed by atoms with Crippen LogP contribution >= 0.6 is 0 Å². The molecule has 0 bridgehead atoms. The van der Waals surface area contributed by atoms with Crippen LogP contribution in [0.5, 0.6) is 0 Å². The lowest BCUT2D eigenvalue weighted by atomic mass is 10.2. The standard InChI is InChI=1S/C17H25N3O/c1-3-9-19-13-16-4-5-17(21-16)14-20(2)12-8-15-6-10-18-11-7-15/h4-7,10-11,19H,3,8-9,12-14H2,1-2H3. The maximum atomic E-state index is 5.84. The van der Waals surface area contributed by atoms with Crippen molar-refractivity contribution in [3.05, 3.63) is 53.7 Å². The number of nitrogens with zero attached hydrogens (tertiary/aromatic N) is 2. The fourth-order valence-corrected chi connectivity index (χ4v) is 2.21. The Morgan fingerprint density at radius 2 is 1.90 bits per heavy atom. The Bertz CT molecular complexity index is 510. The van der Waals surface area contributed by atoms with Gasteiger partial charge >= 0.3 is 0 Å². The Balaban J connectivity index is 1.73. The van der Waals surface area contributed by atoms with Crippen LogP contribution in [0, 0.1) is 0 Å². The van der Waals surface area contributed by atoms with Crippen LogP contribution in [0.25, 0.3) is 0 Å². The molecule has 4 nitrogen and oxygen atoms in total. The third kappa shape index (κ3) is 5.69. The molecule has 0 saturated carbocycles. The van der Waals surface area contributed by atoms with Gasteiger partial charge in [-0.3, -0.25) is 9.88 Å². The minimum Gasteiger partial charge on any atom is -0.463 e. The third-order valence-electron chi connectivity index (χ3n) is 3.40. The average molecular weight is 287 g/mol. The molecule has 0 atom stereocenters. The van der Waals surface area contributed by atoms with E-state index in [4.69, 9.17) is 4.42 Å². The van der Waals surface area contributed by atoms with Gasteiger partial charge in [-0.15, -0.1) is 0 Å². The van der Waals surface area contributed by atoms with E-state index in [1.165, 1.54) is 5.56 Å². The number of hydrogen-bond acceptors (Lipinski definition) is 4. The van der Waals surface area contributed by atoms with Crippen LogP contribution < -0.4 is 5.32 Å². The number of nitrogens with one attached hydrogen (secondary N) is 1. The highest BCUT2D eigenvalue weighted by atomic mass is 16.3. The van der Waals surface area contributed by atoms with Gasteiger partial charge in [0.25, 0.3) is 0 Å². The Hall–Kier alpha value is -1.65. The molecule has 0 radical (unpaired) electrons. The van der Waals surface area contributed by atoms with Gasteiger partial charge in [-0.25, -0.2) is 0 Å². The SMILES string of the molecule is CCCNCc1ccc(CN(C)CCc2ccncc2)o1. The molecular formula is C17H25N3O. The Kier molecular flexibility index (Phi) is 6.44. The Morgan fingerprint density at radius 3 is 2.67 bits per heavy atom. The van der Waals surface area contributed by atoms with Gasteiger partial charge < -0.3 is 9.73 Å². The molecule has 2 heterocycles. The predicted octanol–water partition coefficient (Wildman–Crippen LogP) is 2.85. The predicted molar refractivity (Wildman–Crippen MR) is 85.0 cm³/mol. The third-order valence-corrected chi connectivity index (χ3v) is 3.40. The van der Waals surface area contributed by atoms with Crippen LogP contribution in [0.2, 0.25) is 0 Å². The van der Waals surface area contributed by atoms with Crippen molar-refractivity contribution in [1.82, 2.24) is 15.2 Å². The molecule has 0 aliphatic rings. The molecule has 0 aliphatic carbocycles. The van der Waals surface area contributed by atoms with Crippen molar-refractivity contribution in [1.29, 1.82) is 0 Å². The highest BCUT2D eigenvalue weighted by molar-refractivity contribution is 5.10. The number of hydrogen-bond donors (Lipinski definition) is 1. The lowest BCUT2D eigenvalue weighted by Gasteiger charge is -2.14. The van der Waals surface area contributed by atoms with E-state index in [1.807, 2.05) is 12.4 Å². The van der Waals surface area contributed by atoms with Crippen LogP contribution in [0.3, 0.4) is 0 Å². The van der Waals surface area contributed by atoms with E-state index in [9.17, 15) is 0 Å². The average Bonchev–Trinajstić information content (AvgIpc) is 2.94. The van der Waals surface area contributed by atoms with E-state index in [-0.39, 0.29) is 0 Å². The summed E-state index contributed by atoms with van der Waals surface area (Å²) in [6, 6.07) is 8.27. The second-order valence-corrected chi connectivity index (χ2v) is 5.39. The Morgan fingerprint density at radius 1 is 1.14 bits per heavy atom. The summed E-state index contributed by atoms with van der Waals surface area (Å²) in [5.74, 6) is 2.04. The first-order valence-electron chi connectivity index (χ1n) is 7.63. The largest absolute Gasteiger partial charge is 0.463 e. The fourth-order valence-electron chi connectivity index (χ4n) is 2.21. The van der Waals surface area contributed by atoms with Crippen molar-refractivity contribution >= 4 is 0 Å². The number of furan rings is 1. The van der Waals surface area contributed by atoms with Crippen molar-refractivity contribution in [2.24, 2.45) is 0 Å². The molecule has 2 aromatic heterocycles. The summed E-state index contributed by atoms with van der Waals surface area (Å²) in [7, 11) is 2.12.